The predicted octanol–water partition coefficient (Wildman–Crippen LogP) is 0.902. The van der Waals surface area contributed by atoms with Crippen LogP contribution in [-0.2, 0) is 26.1 Å². The van der Waals surface area contributed by atoms with Crippen LogP contribution in [-0.4, -0.2) is 61.9 Å². The Bertz CT molecular complexity index is 803. The average Bonchev–Trinajstić information content (AvgIpc) is 3.07. The van der Waals surface area contributed by atoms with E-state index in [1.165, 1.54) is 24.4 Å². The minimum absolute atomic E-state index is 0.0141. The van der Waals surface area contributed by atoms with Gasteiger partial charge in [0.15, 0.2) is 0 Å². The highest BCUT2D eigenvalue weighted by atomic mass is 16.1. The van der Waals surface area contributed by atoms with Gasteiger partial charge in [-0.25, -0.2) is 9.67 Å². The Morgan fingerprint density at radius 1 is 1.00 bits per heavy atom. The normalized spacial score (nSPS) is 18.8. The summed E-state index contributed by atoms with van der Waals surface area (Å²) in [5, 5.41) is 4.32. The van der Waals surface area contributed by atoms with Crippen LogP contribution in [0.3, 0.4) is 0 Å². The first-order chi connectivity index (χ1) is 12.7. The molecule has 26 heavy (non-hydrogen) atoms. The second kappa shape index (κ2) is 7.72. The fraction of sp³-hybridized carbons (Fsp3) is 0.632. The maximum Gasteiger partial charge on any atom is 0.266 e. The van der Waals surface area contributed by atoms with Crippen molar-refractivity contribution < 1.29 is 0 Å². The molecule has 4 heterocycles. The standard InChI is InChI=1S/C19H28N6O/c1-16-5-6-19(26)25(21-16)13-12-22-8-10-23(11-9-22)15-17-14-20-18-4-2-3-7-24(17)18/h5-6,14H,2-4,7-13,15H2,1H3. The van der Waals surface area contributed by atoms with Crippen LogP contribution in [0.5, 0.6) is 0 Å². The number of nitrogens with zero attached hydrogens (tertiary/aromatic N) is 6. The molecule has 4 rings (SSSR count). The van der Waals surface area contributed by atoms with Crippen LogP contribution in [0.1, 0.15) is 30.1 Å². The lowest BCUT2D eigenvalue weighted by molar-refractivity contribution is 0.120. The van der Waals surface area contributed by atoms with Crippen molar-refractivity contribution in [1.82, 2.24) is 29.1 Å². The number of hydrogen-bond donors (Lipinski definition) is 0. The van der Waals surface area contributed by atoms with Gasteiger partial charge in [-0.15, -0.1) is 0 Å². The zero-order valence-corrected chi connectivity index (χ0v) is 15.6. The molecule has 0 amide bonds. The molecule has 2 aliphatic heterocycles. The largest absolute Gasteiger partial charge is 0.331 e. The molecule has 0 bridgehead atoms. The van der Waals surface area contributed by atoms with Crippen LogP contribution in [0.4, 0.5) is 0 Å². The van der Waals surface area contributed by atoms with Crippen molar-refractivity contribution in [3.05, 3.63) is 45.9 Å². The molecule has 0 aromatic carbocycles. The molecule has 0 saturated carbocycles. The molecular weight excluding hydrogens is 328 g/mol. The van der Waals surface area contributed by atoms with E-state index in [0.29, 0.717) is 6.54 Å². The number of rotatable bonds is 5. The van der Waals surface area contributed by atoms with Gasteiger partial charge >= 0.3 is 0 Å². The molecule has 1 fully saturated rings. The van der Waals surface area contributed by atoms with Gasteiger partial charge in [-0.2, -0.15) is 5.10 Å². The molecule has 0 atom stereocenters. The molecule has 0 aliphatic carbocycles. The summed E-state index contributed by atoms with van der Waals surface area (Å²) >= 11 is 0. The van der Waals surface area contributed by atoms with Crippen molar-refractivity contribution in [2.45, 2.75) is 45.8 Å². The van der Waals surface area contributed by atoms with Gasteiger partial charge < -0.3 is 4.57 Å². The first-order valence-corrected chi connectivity index (χ1v) is 9.72. The van der Waals surface area contributed by atoms with Gasteiger partial charge in [-0.3, -0.25) is 14.6 Å². The number of imidazole rings is 1. The molecular formula is C19H28N6O. The highest BCUT2D eigenvalue weighted by Crippen LogP contribution is 2.18. The van der Waals surface area contributed by atoms with Crippen LogP contribution in [0.25, 0.3) is 0 Å². The predicted molar refractivity (Wildman–Crippen MR) is 100 cm³/mol. The van der Waals surface area contributed by atoms with Crippen molar-refractivity contribution in [2.24, 2.45) is 0 Å². The van der Waals surface area contributed by atoms with Crippen molar-refractivity contribution in [3.63, 3.8) is 0 Å². The van der Waals surface area contributed by atoms with Crippen LogP contribution in [0.15, 0.2) is 23.1 Å². The lowest BCUT2D eigenvalue weighted by Crippen LogP contribution is -2.47. The van der Waals surface area contributed by atoms with Crippen molar-refractivity contribution in [3.8, 4) is 0 Å². The number of piperazine rings is 1. The minimum atomic E-state index is -0.0141. The zero-order valence-electron chi connectivity index (χ0n) is 15.6. The lowest BCUT2D eigenvalue weighted by Gasteiger charge is -2.34. The van der Waals surface area contributed by atoms with Gasteiger partial charge in [-0.05, 0) is 25.8 Å². The molecule has 140 valence electrons. The Balaban J connectivity index is 1.27. The maximum absolute atomic E-state index is 11.9. The third-order valence-corrected chi connectivity index (χ3v) is 5.53. The summed E-state index contributed by atoms with van der Waals surface area (Å²) in [6.07, 6.45) is 5.74. The third kappa shape index (κ3) is 3.88. The number of aromatic nitrogens is 4. The zero-order chi connectivity index (χ0) is 17.9. The van der Waals surface area contributed by atoms with Gasteiger partial charge in [-0.1, -0.05) is 0 Å². The molecule has 2 aliphatic rings. The Labute approximate surface area is 154 Å². The molecule has 1 saturated heterocycles. The second-order valence-corrected chi connectivity index (χ2v) is 7.43. The number of fused-ring (bicyclic) bond motifs is 1. The second-order valence-electron chi connectivity index (χ2n) is 7.43. The van der Waals surface area contributed by atoms with E-state index in [2.05, 4.69) is 30.6 Å². The van der Waals surface area contributed by atoms with Gasteiger partial charge in [0.25, 0.3) is 5.56 Å². The summed E-state index contributed by atoms with van der Waals surface area (Å²) in [6.45, 7) is 9.81. The Morgan fingerprint density at radius 3 is 2.65 bits per heavy atom. The highest BCUT2D eigenvalue weighted by molar-refractivity contribution is 5.08. The lowest BCUT2D eigenvalue weighted by atomic mass is 10.1. The summed E-state index contributed by atoms with van der Waals surface area (Å²) in [6, 6.07) is 3.37. The van der Waals surface area contributed by atoms with Crippen LogP contribution in [0.2, 0.25) is 0 Å². The number of hydrogen-bond acceptors (Lipinski definition) is 5. The van der Waals surface area contributed by atoms with Crippen LogP contribution in [0, 0.1) is 6.92 Å². The van der Waals surface area contributed by atoms with E-state index >= 15 is 0 Å². The maximum atomic E-state index is 11.9. The fourth-order valence-corrected chi connectivity index (χ4v) is 3.95. The van der Waals surface area contributed by atoms with E-state index in [1.54, 1.807) is 16.8 Å². The molecule has 7 heteroatoms. The van der Waals surface area contributed by atoms with Crippen molar-refractivity contribution in [1.29, 1.82) is 0 Å². The third-order valence-electron chi connectivity index (χ3n) is 5.53. The summed E-state index contributed by atoms with van der Waals surface area (Å²) in [5.41, 5.74) is 2.24. The SMILES string of the molecule is Cc1ccc(=O)n(CCN2CCN(Cc3cnc4n3CCCC4)CC2)n1. The minimum Gasteiger partial charge on any atom is -0.331 e. The molecule has 0 unspecified atom stereocenters. The van der Waals surface area contributed by atoms with Gasteiger partial charge in [0, 0.05) is 64.5 Å². The fourth-order valence-electron chi connectivity index (χ4n) is 3.95. The van der Waals surface area contributed by atoms with Crippen LogP contribution < -0.4 is 5.56 Å². The summed E-state index contributed by atoms with van der Waals surface area (Å²) < 4.78 is 4.01. The van der Waals surface area contributed by atoms with E-state index in [4.69, 9.17) is 0 Å². The number of aryl methyl sites for hydroxylation is 2. The smallest absolute Gasteiger partial charge is 0.266 e. The topological polar surface area (TPSA) is 59.2 Å². The molecule has 0 spiro atoms. The molecule has 2 aromatic rings. The van der Waals surface area contributed by atoms with Crippen LogP contribution >= 0.6 is 0 Å². The highest BCUT2D eigenvalue weighted by Gasteiger charge is 2.20. The Kier molecular flexibility index (Phi) is 5.17. The Morgan fingerprint density at radius 2 is 1.81 bits per heavy atom. The summed E-state index contributed by atoms with van der Waals surface area (Å²) in [7, 11) is 0. The summed E-state index contributed by atoms with van der Waals surface area (Å²) in [5.74, 6) is 1.26. The van der Waals surface area contributed by atoms with E-state index in [0.717, 1.165) is 57.9 Å². The van der Waals surface area contributed by atoms with Gasteiger partial charge in [0.1, 0.15) is 5.82 Å². The summed E-state index contributed by atoms with van der Waals surface area (Å²) in [4.78, 5) is 21.4. The van der Waals surface area contributed by atoms with Crippen molar-refractivity contribution >= 4 is 0 Å². The van der Waals surface area contributed by atoms with E-state index in [1.807, 2.05) is 6.92 Å². The van der Waals surface area contributed by atoms with E-state index in [-0.39, 0.29) is 5.56 Å². The molecule has 7 nitrogen and oxygen atoms in total. The molecule has 0 N–H and O–H groups in total. The quantitative estimate of drug-likeness (QED) is 0.797. The average molecular weight is 356 g/mol. The van der Waals surface area contributed by atoms with Crippen molar-refractivity contribution in [2.75, 3.05) is 32.7 Å². The van der Waals surface area contributed by atoms with E-state index in [9.17, 15) is 4.79 Å². The Hall–Kier alpha value is -1.99. The van der Waals surface area contributed by atoms with Gasteiger partial charge in [0.2, 0.25) is 0 Å². The first kappa shape index (κ1) is 17.4. The molecule has 0 radical (unpaired) electrons. The first-order valence-electron chi connectivity index (χ1n) is 9.72. The van der Waals surface area contributed by atoms with E-state index < -0.39 is 0 Å². The van der Waals surface area contributed by atoms with Gasteiger partial charge in [0.05, 0.1) is 17.9 Å². The molecule has 2 aromatic heterocycles. The monoisotopic (exact) mass is 356 g/mol.